The smallest absolute Gasteiger partial charge is 0.139 e. The Balaban J connectivity index is 2.24. The number of nitrogens with zero attached hydrogens (tertiary/aromatic N) is 1. The maximum atomic E-state index is 5.97. The number of nitrogen functional groups attached to an aromatic ring is 1. The van der Waals surface area contributed by atoms with Crippen molar-refractivity contribution < 1.29 is 4.52 Å². The zero-order valence-corrected chi connectivity index (χ0v) is 12.2. The minimum absolute atomic E-state index is 0.0970. The Kier molecular flexibility index (Phi) is 3.61. The summed E-state index contributed by atoms with van der Waals surface area (Å²) in [7, 11) is 0. The summed E-state index contributed by atoms with van der Waals surface area (Å²) in [5, 5.41) is 7.34. The highest BCUT2D eigenvalue weighted by Gasteiger charge is 2.16. The molecular formula is C13H16BrN3O. The van der Waals surface area contributed by atoms with Gasteiger partial charge in [-0.05, 0) is 39.0 Å². The van der Waals surface area contributed by atoms with E-state index in [-0.39, 0.29) is 6.04 Å². The summed E-state index contributed by atoms with van der Waals surface area (Å²) < 4.78 is 6.14. The highest BCUT2D eigenvalue weighted by Crippen LogP contribution is 2.29. The number of rotatable bonds is 3. The second kappa shape index (κ2) is 5.02. The molecule has 0 radical (unpaired) electrons. The lowest BCUT2D eigenvalue weighted by atomic mass is 10.1. The molecule has 1 unspecified atom stereocenters. The van der Waals surface area contributed by atoms with E-state index >= 15 is 0 Å². The van der Waals surface area contributed by atoms with Gasteiger partial charge in [0, 0.05) is 10.0 Å². The highest BCUT2D eigenvalue weighted by molar-refractivity contribution is 9.10. The average Bonchev–Trinajstić information content (AvgIpc) is 2.62. The van der Waals surface area contributed by atoms with E-state index in [2.05, 4.69) is 33.3 Å². The van der Waals surface area contributed by atoms with Gasteiger partial charge in [0.15, 0.2) is 0 Å². The van der Waals surface area contributed by atoms with Crippen LogP contribution in [0.1, 0.15) is 30.0 Å². The molecule has 5 heteroatoms. The first-order valence-corrected chi connectivity index (χ1v) is 6.52. The normalized spacial score (nSPS) is 12.4. The predicted molar refractivity (Wildman–Crippen MR) is 76.6 cm³/mol. The first-order valence-electron chi connectivity index (χ1n) is 5.73. The average molecular weight is 310 g/mol. The van der Waals surface area contributed by atoms with E-state index in [1.807, 2.05) is 32.0 Å². The molecule has 0 amide bonds. The molecule has 0 spiro atoms. The van der Waals surface area contributed by atoms with Gasteiger partial charge in [0.1, 0.15) is 5.76 Å². The molecule has 4 nitrogen and oxygen atoms in total. The zero-order chi connectivity index (χ0) is 13.3. The maximum Gasteiger partial charge on any atom is 0.139 e. The van der Waals surface area contributed by atoms with Crippen LogP contribution in [0.3, 0.4) is 0 Å². The summed E-state index contributed by atoms with van der Waals surface area (Å²) in [5.41, 5.74) is 9.57. The Morgan fingerprint density at radius 1 is 1.39 bits per heavy atom. The van der Waals surface area contributed by atoms with Crippen molar-refractivity contribution in [2.45, 2.75) is 26.8 Å². The van der Waals surface area contributed by atoms with Crippen LogP contribution in [0.15, 0.2) is 27.2 Å². The summed E-state index contributed by atoms with van der Waals surface area (Å²) in [5.74, 6) is 0.836. The van der Waals surface area contributed by atoms with E-state index in [1.54, 1.807) is 0 Å². The fourth-order valence-corrected chi connectivity index (χ4v) is 2.46. The fourth-order valence-electron chi connectivity index (χ4n) is 2.08. The second-order valence-corrected chi connectivity index (χ2v) is 5.25. The number of hydrogen-bond donors (Lipinski definition) is 2. The van der Waals surface area contributed by atoms with Gasteiger partial charge in [-0.3, -0.25) is 0 Å². The molecule has 0 fully saturated rings. The van der Waals surface area contributed by atoms with Crippen LogP contribution in [0.25, 0.3) is 0 Å². The SMILES string of the molecule is Cc1noc(C)c1C(C)Nc1ccc(Br)cc1N. The first kappa shape index (κ1) is 13.0. The molecule has 1 heterocycles. The summed E-state index contributed by atoms with van der Waals surface area (Å²) in [6.45, 7) is 5.92. The Morgan fingerprint density at radius 3 is 2.67 bits per heavy atom. The van der Waals surface area contributed by atoms with Crippen LogP contribution in [0, 0.1) is 13.8 Å². The maximum absolute atomic E-state index is 5.97. The summed E-state index contributed by atoms with van der Waals surface area (Å²) >= 11 is 3.39. The highest BCUT2D eigenvalue weighted by atomic mass is 79.9. The van der Waals surface area contributed by atoms with Gasteiger partial charge in [-0.25, -0.2) is 0 Å². The standard InChI is InChI=1S/C13H16BrN3O/c1-7(13-8(2)17-18-9(13)3)16-12-5-4-10(14)6-11(12)15/h4-7,16H,15H2,1-3H3. The van der Waals surface area contributed by atoms with E-state index in [4.69, 9.17) is 10.3 Å². The summed E-state index contributed by atoms with van der Waals surface area (Å²) in [6, 6.07) is 5.88. The molecule has 0 aliphatic heterocycles. The van der Waals surface area contributed by atoms with Crippen LogP contribution in [-0.4, -0.2) is 5.16 Å². The molecule has 2 rings (SSSR count). The van der Waals surface area contributed by atoms with Crippen molar-refractivity contribution in [3.05, 3.63) is 39.7 Å². The fraction of sp³-hybridized carbons (Fsp3) is 0.308. The number of hydrogen-bond acceptors (Lipinski definition) is 4. The lowest BCUT2D eigenvalue weighted by Gasteiger charge is -2.16. The summed E-state index contributed by atoms with van der Waals surface area (Å²) in [6.07, 6.45) is 0. The van der Waals surface area contributed by atoms with Crippen molar-refractivity contribution in [2.24, 2.45) is 0 Å². The summed E-state index contributed by atoms with van der Waals surface area (Å²) in [4.78, 5) is 0. The molecule has 2 aromatic rings. The van der Waals surface area contributed by atoms with E-state index in [0.717, 1.165) is 27.2 Å². The van der Waals surface area contributed by atoms with Gasteiger partial charge in [-0.2, -0.15) is 0 Å². The van der Waals surface area contributed by atoms with E-state index in [9.17, 15) is 0 Å². The van der Waals surface area contributed by atoms with Crippen molar-refractivity contribution in [2.75, 3.05) is 11.1 Å². The number of anilines is 2. The minimum atomic E-state index is 0.0970. The number of aromatic nitrogens is 1. The van der Waals surface area contributed by atoms with E-state index in [0.29, 0.717) is 5.69 Å². The third-order valence-corrected chi connectivity index (χ3v) is 3.40. The molecule has 1 aromatic carbocycles. The largest absolute Gasteiger partial charge is 0.397 e. The van der Waals surface area contributed by atoms with Gasteiger partial charge < -0.3 is 15.6 Å². The van der Waals surface area contributed by atoms with Gasteiger partial charge in [0.05, 0.1) is 23.1 Å². The predicted octanol–water partition coefficient (Wildman–Crippen LogP) is 3.81. The monoisotopic (exact) mass is 309 g/mol. The Bertz CT molecular complexity index is 546. The van der Waals surface area contributed by atoms with Crippen LogP contribution in [0.5, 0.6) is 0 Å². The molecule has 3 N–H and O–H groups in total. The van der Waals surface area contributed by atoms with Crippen LogP contribution < -0.4 is 11.1 Å². The molecule has 1 aromatic heterocycles. The van der Waals surface area contributed by atoms with Gasteiger partial charge >= 0.3 is 0 Å². The van der Waals surface area contributed by atoms with Crippen molar-refractivity contribution >= 4 is 27.3 Å². The Labute approximate surface area is 115 Å². The zero-order valence-electron chi connectivity index (χ0n) is 10.6. The van der Waals surface area contributed by atoms with E-state index in [1.165, 1.54) is 0 Å². The molecule has 0 aliphatic carbocycles. The van der Waals surface area contributed by atoms with Crippen LogP contribution in [-0.2, 0) is 0 Å². The van der Waals surface area contributed by atoms with Crippen molar-refractivity contribution in [3.63, 3.8) is 0 Å². The number of aryl methyl sites for hydroxylation is 2. The van der Waals surface area contributed by atoms with Crippen molar-refractivity contribution in [1.82, 2.24) is 5.16 Å². The third-order valence-electron chi connectivity index (χ3n) is 2.91. The number of nitrogens with one attached hydrogen (secondary N) is 1. The van der Waals surface area contributed by atoms with Crippen molar-refractivity contribution in [1.29, 1.82) is 0 Å². The first-order chi connectivity index (χ1) is 8.49. The molecule has 0 saturated heterocycles. The van der Waals surface area contributed by atoms with Crippen LogP contribution >= 0.6 is 15.9 Å². The molecule has 0 bridgehead atoms. The molecule has 96 valence electrons. The van der Waals surface area contributed by atoms with Crippen LogP contribution in [0.4, 0.5) is 11.4 Å². The molecule has 1 atom stereocenters. The van der Waals surface area contributed by atoms with Crippen LogP contribution in [0.2, 0.25) is 0 Å². The molecule has 18 heavy (non-hydrogen) atoms. The molecular weight excluding hydrogens is 294 g/mol. The third kappa shape index (κ3) is 2.51. The Hall–Kier alpha value is -1.49. The number of halogens is 1. The number of nitrogens with two attached hydrogens (primary N) is 1. The minimum Gasteiger partial charge on any atom is -0.397 e. The Morgan fingerprint density at radius 2 is 2.11 bits per heavy atom. The topological polar surface area (TPSA) is 64.1 Å². The lowest BCUT2D eigenvalue weighted by molar-refractivity contribution is 0.392. The lowest BCUT2D eigenvalue weighted by Crippen LogP contribution is -2.09. The van der Waals surface area contributed by atoms with Gasteiger partial charge in [0.2, 0.25) is 0 Å². The van der Waals surface area contributed by atoms with Gasteiger partial charge in [0.25, 0.3) is 0 Å². The number of benzene rings is 1. The van der Waals surface area contributed by atoms with Gasteiger partial charge in [-0.1, -0.05) is 21.1 Å². The second-order valence-electron chi connectivity index (χ2n) is 4.34. The molecule has 0 saturated carbocycles. The molecule has 0 aliphatic rings. The van der Waals surface area contributed by atoms with Crippen molar-refractivity contribution in [3.8, 4) is 0 Å². The van der Waals surface area contributed by atoms with E-state index < -0.39 is 0 Å². The van der Waals surface area contributed by atoms with Gasteiger partial charge in [-0.15, -0.1) is 0 Å². The quantitative estimate of drug-likeness (QED) is 0.846.